The fraction of sp³-hybridized carbons (Fsp3) is 0.385. The molecule has 0 fully saturated rings. The second kappa shape index (κ2) is 6.54. The van der Waals surface area contributed by atoms with Crippen LogP contribution in [0, 0.1) is 12.3 Å². The molecule has 0 saturated carbocycles. The van der Waals surface area contributed by atoms with Gasteiger partial charge in [0, 0.05) is 33.3 Å². The number of carbonyl (C=O) groups excluding carboxylic acids is 1. The number of nitrogens with one attached hydrogen (secondary N) is 1. The number of amides is 1. The highest BCUT2D eigenvalue weighted by Gasteiger charge is 2.07. The summed E-state index contributed by atoms with van der Waals surface area (Å²) in [4.78, 5) is 17.3. The van der Waals surface area contributed by atoms with Gasteiger partial charge in [-0.1, -0.05) is 0 Å². The first-order valence-corrected chi connectivity index (χ1v) is 5.50. The Morgan fingerprint density at radius 1 is 1.53 bits per heavy atom. The number of aromatic nitrogens is 1. The lowest BCUT2D eigenvalue weighted by molar-refractivity contribution is 0.0827. The highest BCUT2D eigenvalue weighted by molar-refractivity contribution is 5.93. The first kappa shape index (κ1) is 13.0. The van der Waals surface area contributed by atoms with Crippen LogP contribution in [0.1, 0.15) is 23.2 Å². The summed E-state index contributed by atoms with van der Waals surface area (Å²) in [5.74, 6) is 3.30. The van der Waals surface area contributed by atoms with E-state index in [1.54, 1.807) is 32.4 Å². The van der Waals surface area contributed by atoms with Gasteiger partial charge in [0.25, 0.3) is 5.91 Å². The monoisotopic (exact) mass is 231 g/mol. The third-order valence-corrected chi connectivity index (χ3v) is 2.22. The van der Waals surface area contributed by atoms with Gasteiger partial charge in [-0.25, -0.2) is 4.98 Å². The van der Waals surface area contributed by atoms with Gasteiger partial charge >= 0.3 is 0 Å². The Morgan fingerprint density at radius 2 is 2.29 bits per heavy atom. The van der Waals surface area contributed by atoms with Crippen molar-refractivity contribution in [3.63, 3.8) is 0 Å². The summed E-state index contributed by atoms with van der Waals surface area (Å²) in [5, 5.41) is 3.14. The van der Waals surface area contributed by atoms with Crippen molar-refractivity contribution in [2.45, 2.75) is 12.8 Å². The molecule has 0 bridgehead atoms. The molecule has 90 valence electrons. The number of pyridine rings is 1. The summed E-state index contributed by atoms with van der Waals surface area (Å²) >= 11 is 0. The molecular weight excluding hydrogens is 214 g/mol. The minimum atomic E-state index is -0.0450. The minimum Gasteiger partial charge on any atom is -0.370 e. The smallest absolute Gasteiger partial charge is 0.254 e. The van der Waals surface area contributed by atoms with E-state index in [9.17, 15) is 4.79 Å². The van der Waals surface area contributed by atoms with Gasteiger partial charge in [0.15, 0.2) is 0 Å². The molecule has 0 aliphatic heterocycles. The van der Waals surface area contributed by atoms with Crippen molar-refractivity contribution in [1.82, 2.24) is 9.88 Å². The van der Waals surface area contributed by atoms with Crippen LogP contribution in [-0.2, 0) is 0 Å². The quantitative estimate of drug-likeness (QED) is 0.618. The van der Waals surface area contributed by atoms with Crippen LogP contribution in [0.15, 0.2) is 18.3 Å². The van der Waals surface area contributed by atoms with Crippen molar-refractivity contribution in [3.8, 4) is 12.3 Å². The highest BCUT2D eigenvalue weighted by atomic mass is 16.2. The zero-order valence-corrected chi connectivity index (χ0v) is 10.2. The number of unbranched alkanes of at least 4 members (excludes halogenated alkanes) is 1. The predicted molar refractivity (Wildman–Crippen MR) is 68.8 cm³/mol. The molecule has 1 N–H and O–H groups in total. The Balaban J connectivity index is 2.51. The van der Waals surface area contributed by atoms with Crippen LogP contribution in [0.5, 0.6) is 0 Å². The van der Waals surface area contributed by atoms with Gasteiger partial charge in [-0.3, -0.25) is 4.79 Å². The Labute approximate surface area is 102 Å². The van der Waals surface area contributed by atoms with Gasteiger partial charge in [-0.2, -0.15) is 0 Å². The van der Waals surface area contributed by atoms with Crippen molar-refractivity contribution in [2.75, 3.05) is 26.0 Å². The Bertz CT molecular complexity index is 404. The third kappa shape index (κ3) is 4.15. The molecule has 0 aromatic carbocycles. The van der Waals surface area contributed by atoms with Crippen molar-refractivity contribution in [1.29, 1.82) is 0 Å². The Morgan fingerprint density at radius 3 is 2.82 bits per heavy atom. The first-order valence-electron chi connectivity index (χ1n) is 5.50. The second-order valence-electron chi connectivity index (χ2n) is 3.87. The molecule has 1 aromatic rings. The van der Waals surface area contributed by atoms with E-state index in [1.807, 2.05) is 0 Å². The van der Waals surface area contributed by atoms with E-state index in [0.29, 0.717) is 5.56 Å². The normalized spacial score (nSPS) is 9.47. The number of anilines is 1. The standard InChI is InChI=1S/C13H17N3O/c1-4-5-6-9-14-12-8-7-11(10-15-12)13(17)16(2)3/h1,7-8,10H,5-6,9H2,2-3H3,(H,14,15). The van der Waals surface area contributed by atoms with Gasteiger partial charge in [0.2, 0.25) is 0 Å². The SMILES string of the molecule is C#CCCCNc1ccc(C(=O)N(C)C)cn1. The van der Waals surface area contributed by atoms with E-state index in [1.165, 1.54) is 4.90 Å². The molecule has 1 aromatic heterocycles. The number of terminal acetylenes is 1. The van der Waals surface area contributed by atoms with E-state index < -0.39 is 0 Å². The lowest BCUT2D eigenvalue weighted by Gasteiger charge is -2.10. The minimum absolute atomic E-state index is 0.0450. The number of rotatable bonds is 5. The van der Waals surface area contributed by atoms with Crippen molar-refractivity contribution < 1.29 is 4.79 Å². The largest absolute Gasteiger partial charge is 0.370 e. The molecule has 1 amide bonds. The summed E-state index contributed by atoms with van der Waals surface area (Å²) in [6.45, 7) is 0.790. The maximum Gasteiger partial charge on any atom is 0.254 e. The molecule has 0 aliphatic rings. The average Bonchev–Trinajstić information content (AvgIpc) is 2.34. The molecule has 0 atom stereocenters. The van der Waals surface area contributed by atoms with E-state index in [-0.39, 0.29) is 5.91 Å². The van der Waals surface area contributed by atoms with Crippen LogP contribution < -0.4 is 5.32 Å². The maximum atomic E-state index is 11.6. The summed E-state index contributed by atoms with van der Waals surface area (Å²) < 4.78 is 0. The molecule has 4 heteroatoms. The maximum absolute atomic E-state index is 11.6. The van der Waals surface area contributed by atoms with Crippen LogP contribution >= 0.6 is 0 Å². The second-order valence-corrected chi connectivity index (χ2v) is 3.87. The van der Waals surface area contributed by atoms with Gasteiger partial charge < -0.3 is 10.2 Å². The van der Waals surface area contributed by atoms with Gasteiger partial charge in [-0.15, -0.1) is 12.3 Å². The Hall–Kier alpha value is -2.02. The summed E-state index contributed by atoms with van der Waals surface area (Å²) in [7, 11) is 3.43. The molecule has 0 unspecified atom stereocenters. The van der Waals surface area contributed by atoms with E-state index in [4.69, 9.17) is 6.42 Å². The molecule has 0 spiro atoms. The Kier molecular flexibility index (Phi) is 5.02. The molecule has 0 radical (unpaired) electrons. The van der Waals surface area contributed by atoms with E-state index >= 15 is 0 Å². The zero-order valence-electron chi connectivity index (χ0n) is 10.2. The lowest BCUT2D eigenvalue weighted by Crippen LogP contribution is -2.21. The fourth-order valence-electron chi connectivity index (χ4n) is 1.29. The molecule has 1 rings (SSSR count). The molecule has 17 heavy (non-hydrogen) atoms. The van der Waals surface area contributed by atoms with Crippen LogP contribution in [0.2, 0.25) is 0 Å². The van der Waals surface area contributed by atoms with Gasteiger partial charge in [0.1, 0.15) is 5.82 Å². The summed E-state index contributed by atoms with van der Waals surface area (Å²) in [6, 6.07) is 3.56. The van der Waals surface area contributed by atoms with Crippen LogP contribution in [0.4, 0.5) is 5.82 Å². The topological polar surface area (TPSA) is 45.2 Å². The zero-order chi connectivity index (χ0) is 12.7. The van der Waals surface area contributed by atoms with Crippen LogP contribution in [0.3, 0.4) is 0 Å². The predicted octanol–water partition coefficient (Wildman–Crippen LogP) is 1.61. The number of nitrogens with zero attached hydrogens (tertiary/aromatic N) is 2. The first-order chi connectivity index (χ1) is 8.15. The van der Waals surface area contributed by atoms with E-state index in [0.717, 1.165) is 25.2 Å². The van der Waals surface area contributed by atoms with Crippen LogP contribution in [0.25, 0.3) is 0 Å². The van der Waals surface area contributed by atoms with E-state index in [2.05, 4.69) is 16.2 Å². The fourth-order valence-corrected chi connectivity index (χ4v) is 1.29. The number of hydrogen-bond donors (Lipinski definition) is 1. The molecule has 0 saturated heterocycles. The lowest BCUT2D eigenvalue weighted by atomic mass is 10.2. The van der Waals surface area contributed by atoms with Crippen molar-refractivity contribution in [3.05, 3.63) is 23.9 Å². The molecular formula is C13H17N3O. The van der Waals surface area contributed by atoms with Crippen molar-refractivity contribution in [2.24, 2.45) is 0 Å². The van der Waals surface area contributed by atoms with Crippen LogP contribution in [-0.4, -0.2) is 36.4 Å². The highest BCUT2D eigenvalue weighted by Crippen LogP contribution is 2.06. The van der Waals surface area contributed by atoms with Gasteiger partial charge in [-0.05, 0) is 18.6 Å². The summed E-state index contributed by atoms with van der Waals surface area (Å²) in [5.41, 5.74) is 0.587. The molecule has 4 nitrogen and oxygen atoms in total. The van der Waals surface area contributed by atoms with Gasteiger partial charge in [0.05, 0.1) is 5.56 Å². The van der Waals surface area contributed by atoms with Crippen molar-refractivity contribution >= 4 is 11.7 Å². The molecule has 1 heterocycles. The third-order valence-electron chi connectivity index (χ3n) is 2.22. The number of carbonyl (C=O) groups is 1. The summed E-state index contributed by atoms with van der Waals surface area (Å²) in [6.07, 6.45) is 8.40. The average molecular weight is 231 g/mol. The molecule has 0 aliphatic carbocycles. The number of hydrogen-bond acceptors (Lipinski definition) is 3.